The normalized spacial score (nSPS) is 28.2. The van der Waals surface area contributed by atoms with Gasteiger partial charge in [-0.25, -0.2) is 4.99 Å². The molecule has 1 saturated carbocycles. The largest absolute Gasteiger partial charge is 0.369 e. The van der Waals surface area contributed by atoms with Gasteiger partial charge in [0.25, 0.3) is 5.91 Å². The zero-order valence-electron chi connectivity index (χ0n) is 19.3. The molecule has 2 atom stereocenters. The lowest BCUT2D eigenvalue weighted by atomic mass is 9.77. The van der Waals surface area contributed by atoms with Crippen LogP contribution >= 0.6 is 0 Å². The summed E-state index contributed by atoms with van der Waals surface area (Å²) in [7, 11) is 1.79. The van der Waals surface area contributed by atoms with Crippen LogP contribution < -0.4 is 5.73 Å². The molecule has 170 valence electrons. The van der Waals surface area contributed by atoms with E-state index in [-0.39, 0.29) is 5.91 Å². The Morgan fingerprint density at radius 2 is 1.81 bits per heavy atom. The van der Waals surface area contributed by atoms with Crippen LogP contribution in [0.15, 0.2) is 35.3 Å². The summed E-state index contributed by atoms with van der Waals surface area (Å²) in [4.78, 5) is 22.3. The summed E-state index contributed by atoms with van der Waals surface area (Å²) in [5, 5.41) is 0. The van der Waals surface area contributed by atoms with Crippen LogP contribution in [-0.2, 0) is 11.2 Å². The maximum absolute atomic E-state index is 13.3. The first-order valence-electron chi connectivity index (χ1n) is 12.5. The Morgan fingerprint density at radius 3 is 2.52 bits per heavy atom. The molecule has 1 aliphatic carbocycles. The van der Waals surface area contributed by atoms with E-state index < -0.39 is 5.54 Å². The quantitative estimate of drug-likeness (QED) is 0.680. The van der Waals surface area contributed by atoms with Crippen LogP contribution in [-0.4, -0.2) is 53.9 Å². The fourth-order valence-electron chi connectivity index (χ4n) is 6.01. The van der Waals surface area contributed by atoms with E-state index in [2.05, 4.69) is 35.2 Å². The second-order valence-corrected chi connectivity index (χ2v) is 10.2. The van der Waals surface area contributed by atoms with E-state index in [9.17, 15) is 4.79 Å². The number of nitrogens with two attached hydrogens (primary N) is 1. The molecular formula is C26H40N4O. The number of hydrogen-bond donors (Lipinski definition) is 1. The van der Waals surface area contributed by atoms with Crippen molar-refractivity contribution >= 4 is 11.9 Å². The number of likely N-dealkylation sites (tertiary alicyclic amines) is 1. The van der Waals surface area contributed by atoms with Crippen LogP contribution in [0.25, 0.3) is 0 Å². The van der Waals surface area contributed by atoms with Gasteiger partial charge in [-0.3, -0.25) is 9.69 Å². The molecule has 1 unspecified atom stereocenters. The van der Waals surface area contributed by atoms with E-state index in [0.29, 0.717) is 11.9 Å². The summed E-state index contributed by atoms with van der Waals surface area (Å²) < 4.78 is 0. The number of rotatable bonds is 8. The first kappa shape index (κ1) is 22.3. The van der Waals surface area contributed by atoms with E-state index in [1.165, 1.54) is 50.5 Å². The summed E-state index contributed by atoms with van der Waals surface area (Å²) in [5.74, 6) is 1.81. The van der Waals surface area contributed by atoms with Gasteiger partial charge >= 0.3 is 0 Å². The van der Waals surface area contributed by atoms with Crippen molar-refractivity contribution in [2.24, 2.45) is 22.6 Å². The van der Waals surface area contributed by atoms with Crippen LogP contribution in [0.1, 0.15) is 69.8 Å². The molecule has 1 saturated heterocycles. The van der Waals surface area contributed by atoms with Gasteiger partial charge in [0.1, 0.15) is 5.54 Å². The Balaban J connectivity index is 1.38. The Morgan fingerprint density at radius 1 is 1.06 bits per heavy atom. The highest BCUT2D eigenvalue weighted by Gasteiger charge is 2.47. The Hall–Kier alpha value is -1.88. The smallest absolute Gasteiger partial charge is 0.257 e. The fraction of sp³-hybridized carbons (Fsp3) is 0.692. The molecule has 2 N–H and O–H groups in total. The monoisotopic (exact) mass is 424 g/mol. The SMILES string of the molecule is CN1C(=O)[C@@](CCC2CCCCC2)(CC2CCCN(CCc3ccccc3)C2)N=C1N. The summed E-state index contributed by atoms with van der Waals surface area (Å²) in [6, 6.07) is 10.7. The van der Waals surface area contributed by atoms with Gasteiger partial charge in [-0.1, -0.05) is 62.4 Å². The molecule has 1 aromatic carbocycles. The van der Waals surface area contributed by atoms with Crippen molar-refractivity contribution in [1.82, 2.24) is 9.80 Å². The first-order chi connectivity index (χ1) is 15.1. The number of piperidine rings is 1. The van der Waals surface area contributed by atoms with Crippen molar-refractivity contribution in [3.63, 3.8) is 0 Å². The number of likely N-dealkylation sites (N-methyl/N-ethyl adjacent to an activating group) is 1. The number of carbonyl (C=O) groups is 1. The molecule has 0 aromatic heterocycles. The first-order valence-corrected chi connectivity index (χ1v) is 12.5. The van der Waals surface area contributed by atoms with Gasteiger partial charge in [0, 0.05) is 20.1 Å². The minimum absolute atomic E-state index is 0.127. The lowest BCUT2D eigenvalue weighted by molar-refractivity contribution is -0.131. The zero-order chi connectivity index (χ0) is 21.7. The predicted molar refractivity (Wildman–Crippen MR) is 127 cm³/mol. The minimum atomic E-state index is -0.622. The maximum Gasteiger partial charge on any atom is 0.257 e. The minimum Gasteiger partial charge on any atom is -0.369 e. The molecule has 5 nitrogen and oxygen atoms in total. The van der Waals surface area contributed by atoms with Crippen molar-refractivity contribution in [3.05, 3.63) is 35.9 Å². The van der Waals surface area contributed by atoms with Gasteiger partial charge in [-0.2, -0.15) is 0 Å². The van der Waals surface area contributed by atoms with Crippen LogP contribution in [0.3, 0.4) is 0 Å². The van der Waals surface area contributed by atoms with Crippen LogP contribution in [0.2, 0.25) is 0 Å². The van der Waals surface area contributed by atoms with Gasteiger partial charge in [0.15, 0.2) is 5.96 Å². The number of amides is 1. The molecule has 0 spiro atoms. The van der Waals surface area contributed by atoms with Crippen molar-refractivity contribution < 1.29 is 4.79 Å². The molecule has 5 heteroatoms. The number of guanidine groups is 1. The topological polar surface area (TPSA) is 61.9 Å². The molecule has 0 radical (unpaired) electrons. The van der Waals surface area contributed by atoms with Gasteiger partial charge in [0.2, 0.25) is 0 Å². The lowest BCUT2D eigenvalue weighted by Crippen LogP contribution is -2.46. The van der Waals surface area contributed by atoms with E-state index in [1.807, 2.05) is 0 Å². The second-order valence-electron chi connectivity index (χ2n) is 10.2. The summed E-state index contributed by atoms with van der Waals surface area (Å²) in [5.41, 5.74) is 6.92. The average Bonchev–Trinajstić information content (AvgIpc) is 3.01. The average molecular weight is 425 g/mol. The Labute approximate surface area is 188 Å². The zero-order valence-corrected chi connectivity index (χ0v) is 19.3. The summed E-state index contributed by atoms with van der Waals surface area (Å²) in [6.07, 6.45) is 13.0. The van der Waals surface area contributed by atoms with E-state index in [0.717, 1.165) is 51.2 Å². The van der Waals surface area contributed by atoms with Gasteiger partial charge < -0.3 is 10.6 Å². The fourth-order valence-corrected chi connectivity index (χ4v) is 6.01. The Kier molecular flexibility index (Phi) is 7.31. The van der Waals surface area contributed by atoms with Gasteiger partial charge in [-0.05, 0) is 62.5 Å². The molecule has 31 heavy (non-hydrogen) atoms. The summed E-state index contributed by atoms with van der Waals surface area (Å²) >= 11 is 0. The van der Waals surface area contributed by atoms with Crippen LogP contribution in [0.4, 0.5) is 0 Å². The Bertz CT molecular complexity index is 758. The van der Waals surface area contributed by atoms with Crippen LogP contribution in [0, 0.1) is 11.8 Å². The molecule has 2 heterocycles. The number of hydrogen-bond acceptors (Lipinski definition) is 4. The third-order valence-corrected chi connectivity index (χ3v) is 7.85. The van der Waals surface area contributed by atoms with Crippen LogP contribution in [0.5, 0.6) is 0 Å². The van der Waals surface area contributed by atoms with Crippen molar-refractivity contribution in [3.8, 4) is 0 Å². The van der Waals surface area contributed by atoms with Gasteiger partial charge in [-0.15, -0.1) is 0 Å². The maximum atomic E-state index is 13.3. The molecule has 0 bridgehead atoms. The summed E-state index contributed by atoms with van der Waals surface area (Å²) in [6.45, 7) is 3.33. The molecule has 2 fully saturated rings. The molecule has 1 aromatic rings. The second kappa shape index (κ2) is 10.2. The lowest BCUT2D eigenvalue weighted by Gasteiger charge is -2.37. The molecule has 1 amide bonds. The number of carbonyl (C=O) groups excluding carboxylic acids is 1. The third-order valence-electron chi connectivity index (χ3n) is 7.85. The van der Waals surface area contributed by atoms with E-state index >= 15 is 0 Å². The molecule has 4 rings (SSSR count). The van der Waals surface area contributed by atoms with Gasteiger partial charge in [0.05, 0.1) is 0 Å². The highest BCUT2D eigenvalue weighted by molar-refractivity contribution is 6.06. The third kappa shape index (κ3) is 5.49. The highest BCUT2D eigenvalue weighted by atomic mass is 16.2. The molecule has 2 aliphatic heterocycles. The number of nitrogens with zero attached hydrogens (tertiary/aromatic N) is 3. The van der Waals surface area contributed by atoms with Crippen molar-refractivity contribution in [2.75, 3.05) is 26.7 Å². The van der Waals surface area contributed by atoms with Crippen molar-refractivity contribution in [1.29, 1.82) is 0 Å². The van der Waals surface area contributed by atoms with Crippen molar-refractivity contribution in [2.45, 2.75) is 76.2 Å². The van der Waals surface area contributed by atoms with E-state index in [4.69, 9.17) is 10.7 Å². The number of benzene rings is 1. The highest BCUT2D eigenvalue weighted by Crippen LogP contribution is 2.38. The standard InChI is InChI=1S/C26H40N4O/c1-29-24(31)26(28-25(29)27,16-14-21-9-4-2-5-10-21)19-23-13-8-17-30(20-23)18-15-22-11-6-3-7-12-22/h3,6-7,11-12,21,23H,2,4-5,8-10,13-20H2,1H3,(H2,27,28)/t23?,26-/m1/s1. The van der Waals surface area contributed by atoms with E-state index in [1.54, 1.807) is 11.9 Å². The molecule has 3 aliphatic rings. The number of aliphatic imine (C=N–C) groups is 1. The molecular weight excluding hydrogens is 384 g/mol. The predicted octanol–water partition coefficient (Wildman–Crippen LogP) is 4.22.